The Hall–Kier alpha value is -3.90. The standard InChI is InChI=1S/C24H22F2N6O3S/c25-24(26)8-18(10-28)32(14-24)21(33)11-29-22(34)19-13-36-20(30-19)7-15-1-3-17(4-2-15)23(35)31-6-5-16(9-27)12-31/h1-4,13,16,18H,5-8,11-12,14H2,(H,29,34)/t16-,18+/m1/s1. The first kappa shape index (κ1) is 25.2. The Morgan fingerprint density at radius 2 is 1.94 bits per heavy atom. The van der Waals surface area contributed by atoms with E-state index in [9.17, 15) is 23.2 Å². The molecule has 0 spiro atoms. The predicted molar refractivity (Wildman–Crippen MR) is 124 cm³/mol. The molecule has 186 valence electrons. The van der Waals surface area contributed by atoms with Crippen LogP contribution in [0.3, 0.4) is 0 Å². The van der Waals surface area contributed by atoms with Gasteiger partial charge in [-0.3, -0.25) is 14.4 Å². The van der Waals surface area contributed by atoms with Gasteiger partial charge in [-0.05, 0) is 24.1 Å². The molecule has 0 aliphatic carbocycles. The molecule has 1 aromatic heterocycles. The maximum absolute atomic E-state index is 13.5. The smallest absolute Gasteiger partial charge is 0.271 e. The molecule has 3 amide bonds. The Morgan fingerprint density at radius 3 is 2.61 bits per heavy atom. The van der Waals surface area contributed by atoms with Crippen LogP contribution in [0.2, 0.25) is 0 Å². The van der Waals surface area contributed by atoms with Gasteiger partial charge in [-0.25, -0.2) is 13.8 Å². The zero-order chi connectivity index (χ0) is 25.9. The summed E-state index contributed by atoms with van der Waals surface area (Å²) >= 11 is 1.25. The molecule has 0 saturated carbocycles. The number of aromatic nitrogens is 1. The molecular formula is C24H22F2N6O3S. The monoisotopic (exact) mass is 512 g/mol. The van der Waals surface area contributed by atoms with E-state index in [1.807, 2.05) is 12.1 Å². The SMILES string of the molecule is N#C[C@H]1CCN(C(=O)c2ccc(Cc3nc(C(=O)NCC(=O)N4CC(F)(F)C[C@H]4C#N)cs3)cc2)C1. The average Bonchev–Trinajstić information content (AvgIpc) is 3.60. The van der Waals surface area contributed by atoms with Crippen LogP contribution in [0.4, 0.5) is 8.78 Å². The number of likely N-dealkylation sites (tertiary alicyclic amines) is 2. The third-order valence-corrected chi connectivity index (χ3v) is 6.99. The molecule has 2 atom stereocenters. The molecule has 0 unspecified atom stereocenters. The van der Waals surface area contributed by atoms with Gasteiger partial charge in [0, 0.05) is 36.9 Å². The summed E-state index contributed by atoms with van der Waals surface area (Å²) in [4.78, 5) is 44.0. The molecule has 1 aromatic carbocycles. The fourth-order valence-electron chi connectivity index (χ4n) is 4.21. The van der Waals surface area contributed by atoms with Gasteiger partial charge in [0.25, 0.3) is 17.7 Å². The quantitative estimate of drug-likeness (QED) is 0.632. The lowest BCUT2D eigenvalue weighted by molar-refractivity contribution is -0.131. The maximum atomic E-state index is 13.5. The fraction of sp³-hybridized carbons (Fsp3) is 0.417. The molecule has 1 N–H and O–H groups in total. The van der Waals surface area contributed by atoms with Crippen molar-refractivity contribution in [2.45, 2.75) is 31.2 Å². The number of nitrogens with zero attached hydrogens (tertiary/aromatic N) is 5. The van der Waals surface area contributed by atoms with Crippen LogP contribution < -0.4 is 5.32 Å². The molecule has 9 nitrogen and oxygen atoms in total. The van der Waals surface area contributed by atoms with Crippen molar-refractivity contribution in [2.24, 2.45) is 5.92 Å². The van der Waals surface area contributed by atoms with Gasteiger partial charge in [0.1, 0.15) is 11.7 Å². The number of carbonyl (C=O) groups excluding carboxylic acids is 3. The highest BCUT2D eigenvalue weighted by Gasteiger charge is 2.47. The highest BCUT2D eigenvalue weighted by molar-refractivity contribution is 7.09. The van der Waals surface area contributed by atoms with Crippen molar-refractivity contribution in [3.05, 3.63) is 51.5 Å². The van der Waals surface area contributed by atoms with Crippen molar-refractivity contribution >= 4 is 29.1 Å². The molecule has 3 heterocycles. The number of thiazole rings is 1. The van der Waals surface area contributed by atoms with E-state index in [1.54, 1.807) is 23.1 Å². The van der Waals surface area contributed by atoms with Crippen molar-refractivity contribution < 1.29 is 23.2 Å². The van der Waals surface area contributed by atoms with E-state index in [-0.39, 0.29) is 17.5 Å². The Kier molecular flexibility index (Phi) is 7.27. The van der Waals surface area contributed by atoms with Gasteiger partial charge >= 0.3 is 0 Å². The van der Waals surface area contributed by atoms with E-state index in [0.717, 1.165) is 10.5 Å². The topological polar surface area (TPSA) is 130 Å². The van der Waals surface area contributed by atoms with E-state index in [0.29, 0.717) is 36.5 Å². The largest absolute Gasteiger partial charge is 0.342 e. The zero-order valence-electron chi connectivity index (χ0n) is 19.1. The third kappa shape index (κ3) is 5.66. The highest BCUT2D eigenvalue weighted by Crippen LogP contribution is 2.31. The van der Waals surface area contributed by atoms with Crippen molar-refractivity contribution in [3.8, 4) is 12.1 Å². The normalized spacial score (nSPS) is 20.6. The van der Waals surface area contributed by atoms with Crippen molar-refractivity contribution in [3.63, 3.8) is 0 Å². The summed E-state index contributed by atoms with van der Waals surface area (Å²) in [5.41, 5.74) is 1.52. The van der Waals surface area contributed by atoms with Crippen molar-refractivity contribution in [1.29, 1.82) is 10.5 Å². The second-order valence-corrected chi connectivity index (χ2v) is 9.72. The number of benzene rings is 1. The third-order valence-electron chi connectivity index (χ3n) is 6.14. The molecular weight excluding hydrogens is 490 g/mol. The molecule has 0 radical (unpaired) electrons. The van der Waals surface area contributed by atoms with Gasteiger partial charge in [-0.1, -0.05) is 12.1 Å². The zero-order valence-corrected chi connectivity index (χ0v) is 19.9. The number of hydrogen-bond donors (Lipinski definition) is 1. The molecule has 2 aliphatic heterocycles. The van der Waals surface area contributed by atoms with E-state index in [1.165, 1.54) is 16.7 Å². The number of hydrogen-bond acceptors (Lipinski definition) is 7. The van der Waals surface area contributed by atoms with Gasteiger partial charge in [0.2, 0.25) is 5.91 Å². The number of halogens is 2. The second kappa shape index (κ2) is 10.4. The molecule has 0 bridgehead atoms. The lowest BCUT2D eigenvalue weighted by Crippen LogP contribution is -2.43. The van der Waals surface area contributed by atoms with Gasteiger partial charge in [0.15, 0.2) is 0 Å². The van der Waals surface area contributed by atoms with Crippen LogP contribution in [0.25, 0.3) is 0 Å². The van der Waals surface area contributed by atoms with Gasteiger partial charge in [-0.15, -0.1) is 11.3 Å². The van der Waals surface area contributed by atoms with Crippen LogP contribution in [-0.4, -0.2) is 70.6 Å². The van der Waals surface area contributed by atoms with Gasteiger partial charge in [-0.2, -0.15) is 10.5 Å². The van der Waals surface area contributed by atoms with E-state index >= 15 is 0 Å². The molecule has 36 heavy (non-hydrogen) atoms. The fourth-order valence-corrected chi connectivity index (χ4v) is 5.02. The summed E-state index contributed by atoms with van der Waals surface area (Å²) in [7, 11) is 0. The second-order valence-electron chi connectivity index (χ2n) is 8.78. The van der Waals surface area contributed by atoms with Crippen LogP contribution >= 0.6 is 11.3 Å². The first-order chi connectivity index (χ1) is 17.2. The molecule has 2 saturated heterocycles. The predicted octanol–water partition coefficient (Wildman–Crippen LogP) is 2.21. The summed E-state index contributed by atoms with van der Waals surface area (Å²) in [6.07, 6.45) is 0.398. The minimum Gasteiger partial charge on any atom is -0.342 e. The Bertz CT molecular complexity index is 1250. The summed E-state index contributed by atoms with van der Waals surface area (Å²) in [6.45, 7) is -0.348. The average molecular weight is 513 g/mol. The van der Waals surface area contributed by atoms with E-state index in [4.69, 9.17) is 10.5 Å². The first-order valence-electron chi connectivity index (χ1n) is 11.3. The van der Waals surface area contributed by atoms with Crippen molar-refractivity contribution in [2.75, 3.05) is 26.2 Å². The lowest BCUT2D eigenvalue weighted by atomic mass is 10.1. The molecule has 2 aliphatic rings. The van der Waals surface area contributed by atoms with Crippen LogP contribution in [0, 0.1) is 28.6 Å². The van der Waals surface area contributed by atoms with Gasteiger partial charge < -0.3 is 15.1 Å². The van der Waals surface area contributed by atoms with Crippen molar-refractivity contribution in [1.82, 2.24) is 20.1 Å². The van der Waals surface area contributed by atoms with Crippen LogP contribution in [0.1, 0.15) is 44.3 Å². The Labute approximate surface area is 209 Å². The molecule has 4 rings (SSSR count). The Morgan fingerprint density at radius 1 is 1.19 bits per heavy atom. The molecule has 2 aromatic rings. The number of nitriles is 2. The number of carbonyl (C=O) groups is 3. The van der Waals surface area contributed by atoms with Crippen LogP contribution in [0.15, 0.2) is 29.6 Å². The maximum Gasteiger partial charge on any atom is 0.271 e. The summed E-state index contributed by atoms with van der Waals surface area (Å²) < 4.78 is 27.1. The lowest BCUT2D eigenvalue weighted by Gasteiger charge is -2.19. The number of nitrogens with one attached hydrogen (secondary N) is 1. The Balaban J connectivity index is 1.29. The van der Waals surface area contributed by atoms with E-state index < -0.39 is 43.3 Å². The first-order valence-corrected chi connectivity index (χ1v) is 12.1. The molecule has 12 heteroatoms. The number of alkyl halides is 2. The summed E-state index contributed by atoms with van der Waals surface area (Å²) in [5, 5.41) is 22.6. The minimum atomic E-state index is -3.12. The van der Waals surface area contributed by atoms with Crippen LogP contribution in [0.5, 0.6) is 0 Å². The van der Waals surface area contributed by atoms with Crippen LogP contribution in [-0.2, 0) is 11.2 Å². The number of rotatable bonds is 6. The number of amides is 3. The minimum absolute atomic E-state index is 0.0965. The molecule has 2 fully saturated rings. The van der Waals surface area contributed by atoms with E-state index in [2.05, 4.69) is 16.4 Å². The van der Waals surface area contributed by atoms with Gasteiger partial charge in [0.05, 0.1) is 36.2 Å². The summed E-state index contributed by atoms with van der Waals surface area (Å²) in [6, 6.07) is 9.73. The highest BCUT2D eigenvalue weighted by atomic mass is 32.1. The summed E-state index contributed by atoms with van der Waals surface area (Å²) in [5.74, 6) is -4.73.